The summed E-state index contributed by atoms with van der Waals surface area (Å²) in [6.07, 6.45) is 3.40. The second-order valence-corrected chi connectivity index (χ2v) is 7.98. The SMILES string of the molecule is COc1ccncc1-c1nc(N2CCOCC2)c2sc(C(C)(C)O)cc2n1. The molecule has 0 bridgehead atoms. The van der Waals surface area contributed by atoms with Crippen LogP contribution in [0, 0.1) is 0 Å². The van der Waals surface area contributed by atoms with Gasteiger partial charge in [-0.25, -0.2) is 9.97 Å². The average Bonchev–Trinajstić information content (AvgIpc) is 3.12. The fraction of sp³-hybridized carbons (Fsp3) is 0.421. The summed E-state index contributed by atoms with van der Waals surface area (Å²) in [7, 11) is 1.62. The molecule has 0 aromatic carbocycles. The number of methoxy groups -OCH3 is 1. The molecule has 3 aromatic heterocycles. The van der Waals surface area contributed by atoms with E-state index in [9.17, 15) is 5.11 Å². The van der Waals surface area contributed by atoms with Gasteiger partial charge in [-0.2, -0.15) is 0 Å². The summed E-state index contributed by atoms with van der Waals surface area (Å²) >= 11 is 1.53. The highest BCUT2D eigenvalue weighted by molar-refractivity contribution is 7.19. The van der Waals surface area contributed by atoms with E-state index in [0.29, 0.717) is 24.8 Å². The van der Waals surface area contributed by atoms with Gasteiger partial charge in [0, 0.05) is 30.4 Å². The van der Waals surface area contributed by atoms with Gasteiger partial charge in [0.1, 0.15) is 5.75 Å². The molecule has 0 aliphatic carbocycles. The van der Waals surface area contributed by atoms with Crippen LogP contribution in [-0.2, 0) is 10.3 Å². The van der Waals surface area contributed by atoms with Crippen molar-refractivity contribution in [3.63, 3.8) is 0 Å². The lowest BCUT2D eigenvalue weighted by Gasteiger charge is -2.28. The van der Waals surface area contributed by atoms with Crippen LogP contribution >= 0.6 is 11.3 Å². The maximum atomic E-state index is 10.5. The molecule has 1 saturated heterocycles. The molecule has 1 aliphatic rings. The summed E-state index contributed by atoms with van der Waals surface area (Å²) in [5.41, 5.74) is 0.627. The molecule has 4 rings (SSSR count). The number of rotatable bonds is 4. The summed E-state index contributed by atoms with van der Waals surface area (Å²) in [6, 6.07) is 3.74. The van der Waals surface area contributed by atoms with Crippen molar-refractivity contribution in [1.29, 1.82) is 0 Å². The Labute approximate surface area is 161 Å². The van der Waals surface area contributed by atoms with Crippen LogP contribution in [0.3, 0.4) is 0 Å². The zero-order valence-corrected chi connectivity index (χ0v) is 16.4. The first-order valence-electron chi connectivity index (χ1n) is 8.83. The number of aliphatic hydroxyl groups is 1. The van der Waals surface area contributed by atoms with Crippen molar-refractivity contribution in [3.05, 3.63) is 29.4 Å². The molecule has 1 fully saturated rings. The molecule has 4 heterocycles. The van der Waals surface area contributed by atoms with Crippen LogP contribution in [-0.4, -0.2) is 53.5 Å². The fourth-order valence-electron chi connectivity index (χ4n) is 3.05. The normalized spacial score (nSPS) is 15.3. The quantitative estimate of drug-likeness (QED) is 0.738. The van der Waals surface area contributed by atoms with E-state index in [-0.39, 0.29) is 0 Å². The van der Waals surface area contributed by atoms with Gasteiger partial charge in [0.15, 0.2) is 11.6 Å². The van der Waals surface area contributed by atoms with Gasteiger partial charge in [0.2, 0.25) is 0 Å². The third-order valence-corrected chi connectivity index (χ3v) is 5.94. The van der Waals surface area contributed by atoms with E-state index in [1.165, 1.54) is 11.3 Å². The summed E-state index contributed by atoms with van der Waals surface area (Å²) in [6.45, 7) is 6.44. The summed E-state index contributed by atoms with van der Waals surface area (Å²) in [5, 5.41) is 10.5. The van der Waals surface area contributed by atoms with Crippen molar-refractivity contribution in [2.75, 3.05) is 38.3 Å². The van der Waals surface area contributed by atoms with Crippen LogP contribution in [0.4, 0.5) is 5.82 Å². The molecule has 0 spiro atoms. The van der Waals surface area contributed by atoms with Gasteiger partial charge >= 0.3 is 0 Å². The minimum atomic E-state index is -0.931. The van der Waals surface area contributed by atoms with Gasteiger partial charge < -0.3 is 19.5 Å². The Morgan fingerprint density at radius 2 is 2.04 bits per heavy atom. The lowest BCUT2D eigenvalue weighted by atomic mass is 10.1. The van der Waals surface area contributed by atoms with Crippen LogP contribution < -0.4 is 9.64 Å². The van der Waals surface area contributed by atoms with Gasteiger partial charge in [-0.15, -0.1) is 11.3 Å². The number of hydrogen-bond donors (Lipinski definition) is 1. The molecule has 1 N–H and O–H groups in total. The number of anilines is 1. The van der Waals surface area contributed by atoms with Crippen molar-refractivity contribution in [3.8, 4) is 17.1 Å². The molecule has 0 atom stereocenters. The minimum absolute atomic E-state index is 0.564. The number of ether oxygens (including phenoxy) is 2. The van der Waals surface area contributed by atoms with E-state index in [2.05, 4.69) is 9.88 Å². The van der Waals surface area contributed by atoms with Crippen LogP contribution in [0.25, 0.3) is 21.6 Å². The molecule has 0 amide bonds. The smallest absolute Gasteiger partial charge is 0.167 e. The molecule has 0 saturated carbocycles. The first kappa shape index (κ1) is 18.1. The highest BCUT2D eigenvalue weighted by Gasteiger charge is 2.25. The molecule has 8 heteroatoms. The van der Waals surface area contributed by atoms with Gasteiger partial charge in [-0.05, 0) is 26.0 Å². The van der Waals surface area contributed by atoms with Crippen LogP contribution in [0.2, 0.25) is 0 Å². The Balaban J connectivity index is 1.93. The Morgan fingerprint density at radius 1 is 1.26 bits per heavy atom. The van der Waals surface area contributed by atoms with E-state index in [1.807, 2.05) is 6.07 Å². The first-order chi connectivity index (χ1) is 13.0. The maximum absolute atomic E-state index is 10.5. The number of pyridine rings is 1. The first-order valence-corrected chi connectivity index (χ1v) is 9.64. The van der Waals surface area contributed by atoms with Crippen molar-refractivity contribution in [2.45, 2.75) is 19.4 Å². The molecule has 0 radical (unpaired) electrons. The van der Waals surface area contributed by atoms with Gasteiger partial charge in [0.05, 0.1) is 41.7 Å². The lowest BCUT2D eigenvalue weighted by molar-refractivity contribution is 0.0826. The highest BCUT2D eigenvalue weighted by atomic mass is 32.1. The second kappa shape index (κ2) is 7.03. The van der Waals surface area contributed by atoms with Gasteiger partial charge in [-0.3, -0.25) is 4.98 Å². The predicted octanol–water partition coefficient (Wildman–Crippen LogP) is 2.83. The Hall–Kier alpha value is -2.29. The second-order valence-electron chi connectivity index (χ2n) is 6.93. The number of fused-ring (bicyclic) bond motifs is 1. The van der Waals surface area contributed by atoms with Crippen molar-refractivity contribution in [1.82, 2.24) is 15.0 Å². The third-order valence-electron chi connectivity index (χ3n) is 4.51. The standard InChI is InChI=1S/C19H22N4O3S/c1-19(2,24)15-10-13-16(27-15)18(23-6-8-26-9-7-23)22-17(21-13)12-11-20-5-4-14(12)25-3/h4-5,10-11,24H,6-9H2,1-3H3. The topological polar surface area (TPSA) is 80.6 Å². The number of thiophene rings is 1. The summed E-state index contributed by atoms with van der Waals surface area (Å²) in [5.74, 6) is 2.11. The monoisotopic (exact) mass is 386 g/mol. The molecule has 142 valence electrons. The Kier molecular flexibility index (Phi) is 4.71. The Bertz CT molecular complexity index is 961. The largest absolute Gasteiger partial charge is 0.496 e. The molecule has 1 aliphatic heterocycles. The minimum Gasteiger partial charge on any atom is -0.496 e. The van der Waals surface area contributed by atoms with E-state index < -0.39 is 5.60 Å². The van der Waals surface area contributed by atoms with Crippen LogP contribution in [0.15, 0.2) is 24.5 Å². The van der Waals surface area contributed by atoms with Crippen molar-refractivity contribution < 1.29 is 14.6 Å². The number of aromatic nitrogens is 3. The van der Waals surface area contributed by atoms with Crippen molar-refractivity contribution >= 4 is 27.4 Å². The fourth-order valence-corrected chi connectivity index (χ4v) is 4.17. The van der Waals surface area contributed by atoms with Gasteiger partial charge in [-0.1, -0.05) is 0 Å². The summed E-state index contributed by atoms with van der Waals surface area (Å²) < 4.78 is 11.9. The Morgan fingerprint density at radius 3 is 2.74 bits per heavy atom. The maximum Gasteiger partial charge on any atom is 0.167 e. The zero-order chi connectivity index (χ0) is 19.0. The van der Waals surface area contributed by atoms with E-state index in [1.54, 1.807) is 39.4 Å². The van der Waals surface area contributed by atoms with Crippen LogP contribution in [0.1, 0.15) is 18.7 Å². The van der Waals surface area contributed by atoms with Crippen LogP contribution in [0.5, 0.6) is 5.75 Å². The van der Waals surface area contributed by atoms with E-state index >= 15 is 0 Å². The molecule has 27 heavy (non-hydrogen) atoms. The van der Waals surface area contributed by atoms with Crippen molar-refractivity contribution in [2.24, 2.45) is 0 Å². The molecule has 3 aromatic rings. The zero-order valence-electron chi connectivity index (χ0n) is 15.6. The lowest BCUT2D eigenvalue weighted by Crippen LogP contribution is -2.36. The molecule has 7 nitrogen and oxygen atoms in total. The van der Waals surface area contributed by atoms with Gasteiger partial charge in [0.25, 0.3) is 0 Å². The number of nitrogens with zero attached hydrogens (tertiary/aromatic N) is 4. The third kappa shape index (κ3) is 3.47. The average molecular weight is 386 g/mol. The molecule has 0 unspecified atom stereocenters. The summed E-state index contributed by atoms with van der Waals surface area (Å²) in [4.78, 5) is 16.9. The number of hydrogen-bond acceptors (Lipinski definition) is 8. The van der Waals surface area contributed by atoms with E-state index in [0.717, 1.165) is 39.6 Å². The highest BCUT2D eigenvalue weighted by Crippen LogP contribution is 2.39. The molecular weight excluding hydrogens is 364 g/mol. The predicted molar refractivity (Wildman–Crippen MR) is 105 cm³/mol. The molecular formula is C19H22N4O3S. The number of morpholine rings is 1. The van der Waals surface area contributed by atoms with E-state index in [4.69, 9.17) is 19.4 Å².